The molecule has 0 aromatic heterocycles. The van der Waals surface area contributed by atoms with E-state index in [4.69, 9.17) is 16.2 Å². The summed E-state index contributed by atoms with van der Waals surface area (Å²) in [7, 11) is 0. The number of benzene rings is 4. The van der Waals surface area contributed by atoms with E-state index < -0.39 is 9.85 Å². The van der Waals surface area contributed by atoms with Crippen molar-refractivity contribution in [2.45, 2.75) is 0 Å². The summed E-state index contributed by atoms with van der Waals surface area (Å²) in [6.07, 6.45) is 0. The lowest BCUT2D eigenvalue weighted by Crippen LogP contribution is -1.98. The molecule has 0 unspecified atom stereocenters. The van der Waals surface area contributed by atoms with Crippen LogP contribution in [0.15, 0.2) is 84.9 Å². The monoisotopic (exact) mass is 442 g/mol. The van der Waals surface area contributed by atoms with Gasteiger partial charge >= 0.3 is 11.4 Å². The molecule has 0 aliphatic rings. The highest BCUT2D eigenvalue weighted by atomic mass is 16.6. The molecular weight excluding hydrogens is 424 g/mol. The van der Waals surface area contributed by atoms with E-state index in [1.807, 2.05) is 0 Å². The second-order valence-corrected chi connectivity index (χ2v) is 7.23. The number of nitro benzene ring substituents is 2. The molecule has 9 heteroatoms. The second kappa shape index (κ2) is 8.67. The van der Waals surface area contributed by atoms with Gasteiger partial charge in [0, 0.05) is 23.5 Å². The Bertz CT molecular complexity index is 1250. The minimum absolute atomic E-state index is 0.109. The second-order valence-electron chi connectivity index (χ2n) is 7.23. The molecule has 0 saturated carbocycles. The van der Waals surface area contributed by atoms with Crippen molar-refractivity contribution in [3.8, 4) is 33.8 Å². The van der Waals surface area contributed by atoms with Crippen LogP contribution in [0, 0.1) is 20.2 Å². The number of nitrogen functional groups attached to an aromatic ring is 2. The van der Waals surface area contributed by atoms with Crippen LogP contribution in [0.25, 0.3) is 22.3 Å². The molecule has 0 bridgehead atoms. The van der Waals surface area contributed by atoms with Crippen molar-refractivity contribution < 1.29 is 14.6 Å². The Kier molecular flexibility index (Phi) is 5.60. The molecule has 164 valence electrons. The SMILES string of the molecule is Nc1ccc(-c2ccc(Oc3ccc(-c4ccc(N)cc4)cc3[N+](=O)[O-])c([N+](=O)[O-])c2)cc1. The minimum Gasteiger partial charge on any atom is -0.443 e. The number of hydrogen-bond acceptors (Lipinski definition) is 7. The number of nitrogens with two attached hydrogens (primary N) is 2. The van der Waals surface area contributed by atoms with E-state index in [9.17, 15) is 20.2 Å². The van der Waals surface area contributed by atoms with E-state index >= 15 is 0 Å². The summed E-state index contributed by atoms with van der Waals surface area (Å²) in [6, 6.07) is 22.6. The summed E-state index contributed by atoms with van der Waals surface area (Å²) in [4.78, 5) is 22.2. The van der Waals surface area contributed by atoms with Crippen LogP contribution in [0.1, 0.15) is 0 Å². The molecule has 0 aliphatic carbocycles. The fourth-order valence-corrected chi connectivity index (χ4v) is 3.32. The van der Waals surface area contributed by atoms with Gasteiger partial charge in [0.2, 0.25) is 11.5 Å². The Morgan fingerprint density at radius 2 is 0.879 bits per heavy atom. The fourth-order valence-electron chi connectivity index (χ4n) is 3.32. The number of anilines is 2. The van der Waals surface area contributed by atoms with E-state index in [-0.39, 0.29) is 22.9 Å². The smallest absolute Gasteiger partial charge is 0.312 e. The first-order valence-corrected chi connectivity index (χ1v) is 9.78. The molecule has 0 aliphatic heterocycles. The van der Waals surface area contributed by atoms with E-state index in [0.29, 0.717) is 22.5 Å². The standard InChI is InChI=1S/C24H18N4O5/c25-19-7-1-15(2-8-19)17-5-11-23(21(13-17)27(29)30)33-24-12-6-18(14-22(24)28(31)32)16-3-9-20(26)10-4-16/h1-14H,25-26H2. The van der Waals surface area contributed by atoms with Crippen molar-refractivity contribution in [3.05, 3.63) is 105 Å². The van der Waals surface area contributed by atoms with Gasteiger partial charge < -0.3 is 16.2 Å². The largest absolute Gasteiger partial charge is 0.443 e. The van der Waals surface area contributed by atoms with Crippen molar-refractivity contribution in [3.63, 3.8) is 0 Å². The quantitative estimate of drug-likeness (QED) is 0.218. The number of nitro groups is 2. The first-order chi connectivity index (χ1) is 15.8. The summed E-state index contributed by atoms with van der Waals surface area (Å²) in [5.74, 6) is -0.218. The zero-order chi connectivity index (χ0) is 23.5. The van der Waals surface area contributed by atoms with Gasteiger partial charge in [-0.05, 0) is 58.7 Å². The number of hydrogen-bond donors (Lipinski definition) is 2. The highest BCUT2D eigenvalue weighted by Crippen LogP contribution is 2.40. The van der Waals surface area contributed by atoms with Crippen LogP contribution in [0.4, 0.5) is 22.7 Å². The van der Waals surface area contributed by atoms with Gasteiger partial charge in [-0.1, -0.05) is 36.4 Å². The maximum Gasteiger partial charge on any atom is 0.312 e. The van der Waals surface area contributed by atoms with Crippen LogP contribution in [0.2, 0.25) is 0 Å². The first-order valence-electron chi connectivity index (χ1n) is 9.78. The number of nitrogens with zero attached hydrogens (tertiary/aromatic N) is 2. The molecule has 9 nitrogen and oxygen atoms in total. The molecule has 4 rings (SSSR count). The van der Waals surface area contributed by atoms with Gasteiger partial charge in [-0.3, -0.25) is 20.2 Å². The Morgan fingerprint density at radius 1 is 0.545 bits per heavy atom. The molecule has 4 aromatic rings. The van der Waals surface area contributed by atoms with Crippen LogP contribution >= 0.6 is 0 Å². The minimum atomic E-state index is -0.593. The Labute approximate surface area is 188 Å². The van der Waals surface area contributed by atoms with Gasteiger partial charge in [0.15, 0.2) is 0 Å². The highest BCUT2D eigenvalue weighted by Gasteiger charge is 2.22. The van der Waals surface area contributed by atoms with Crippen LogP contribution in [0.5, 0.6) is 11.5 Å². The third kappa shape index (κ3) is 4.57. The third-order valence-electron chi connectivity index (χ3n) is 5.02. The average Bonchev–Trinajstić information content (AvgIpc) is 2.80. The van der Waals surface area contributed by atoms with Crippen molar-refractivity contribution >= 4 is 22.7 Å². The van der Waals surface area contributed by atoms with Gasteiger partial charge in [0.05, 0.1) is 9.85 Å². The molecule has 0 heterocycles. The Morgan fingerprint density at radius 3 is 1.21 bits per heavy atom. The van der Waals surface area contributed by atoms with Crippen LogP contribution < -0.4 is 16.2 Å². The predicted molar refractivity (Wildman–Crippen MR) is 126 cm³/mol. The van der Waals surface area contributed by atoms with Crippen molar-refractivity contribution in [2.75, 3.05) is 11.5 Å². The summed E-state index contributed by atoms with van der Waals surface area (Å²) in [5.41, 5.74) is 14.5. The number of rotatable bonds is 6. The summed E-state index contributed by atoms with van der Waals surface area (Å²) in [6.45, 7) is 0. The highest BCUT2D eigenvalue weighted by molar-refractivity contribution is 5.72. The first kappa shape index (κ1) is 21.3. The van der Waals surface area contributed by atoms with E-state index in [2.05, 4.69) is 0 Å². The van der Waals surface area contributed by atoms with Gasteiger partial charge in [0.1, 0.15) is 0 Å². The van der Waals surface area contributed by atoms with Crippen molar-refractivity contribution in [1.82, 2.24) is 0 Å². The van der Waals surface area contributed by atoms with Crippen molar-refractivity contribution in [1.29, 1.82) is 0 Å². The lowest BCUT2D eigenvalue weighted by Gasteiger charge is -2.10. The summed E-state index contributed by atoms with van der Waals surface area (Å²) in [5, 5.41) is 23.4. The zero-order valence-corrected chi connectivity index (χ0v) is 17.2. The maximum atomic E-state index is 11.7. The van der Waals surface area contributed by atoms with Crippen LogP contribution in [0.3, 0.4) is 0 Å². The van der Waals surface area contributed by atoms with Crippen LogP contribution in [-0.2, 0) is 0 Å². The summed E-state index contributed by atoms with van der Waals surface area (Å²) < 4.78 is 5.66. The normalized spacial score (nSPS) is 10.5. The lowest BCUT2D eigenvalue weighted by atomic mass is 10.0. The molecule has 0 amide bonds. The molecule has 0 radical (unpaired) electrons. The van der Waals surface area contributed by atoms with E-state index in [1.54, 1.807) is 60.7 Å². The van der Waals surface area contributed by atoms with Gasteiger partial charge in [-0.2, -0.15) is 0 Å². The molecule has 4 aromatic carbocycles. The Balaban J connectivity index is 1.71. The third-order valence-corrected chi connectivity index (χ3v) is 5.02. The molecule has 0 fully saturated rings. The topological polar surface area (TPSA) is 148 Å². The molecule has 33 heavy (non-hydrogen) atoms. The van der Waals surface area contributed by atoms with Gasteiger partial charge in [-0.15, -0.1) is 0 Å². The van der Waals surface area contributed by atoms with E-state index in [1.165, 1.54) is 24.3 Å². The van der Waals surface area contributed by atoms with Crippen LogP contribution in [-0.4, -0.2) is 9.85 Å². The van der Waals surface area contributed by atoms with E-state index in [0.717, 1.165) is 11.1 Å². The summed E-state index contributed by atoms with van der Waals surface area (Å²) >= 11 is 0. The predicted octanol–water partition coefficient (Wildman–Crippen LogP) is 5.79. The van der Waals surface area contributed by atoms with Gasteiger partial charge in [-0.25, -0.2) is 0 Å². The average molecular weight is 442 g/mol. The van der Waals surface area contributed by atoms with Crippen molar-refractivity contribution in [2.24, 2.45) is 0 Å². The Hall–Kier alpha value is -4.92. The molecule has 4 N–H and O–H groups in total. The molecular formula is C24H18N4O5. The van der Waals surface area contributed by atoms with Gasteiger partial charge in [0.25, 0.3) is 0 Å². The fraction of sp³-hybridized carbons (Fsp3) is 0. The molecule has 0 saturated heterocycles. The lowest BCUT2D eigenvalue weighted by molar-refractivity contribution is -0.387. The molecule has 0 atom stereocenters. The molecule has 0 spiro atoms. The number of ether oxygens (including phenoxy) is 1. The maximum absolute atomic E-state index is 11.7. The zero-order valence-electron chi connectivity index (χ0n) is 17.2.